The first-order valence-corrected chi connectivity index (χ1v) is 13.6. The molecule has 4 aliphatic rings. The average Bonchev–Trinajstić information content (AvgIpc) is 3.22. The zero-order chi connectivity index (χ0) is 25.7. The van der Waals surface area contributed by atoms with Gasteiger partial charge in [-0.3, -0.25) is 19.7 Å². The molecule has 2 saturated carbocycles. The van der Waals surface area contributed by atoms with Gasteiger partial charge >= 0.3 is 0 Å². The summed E-state index contributed by atoms with van der Waals surface area (Å²) in [6.07, 6.45) is 7.72. The zero-order valence-corrected chi connectivity index (χ0v) is 21.7. The third-order valence-corrected chi connectivity index (χ3v) is 10.4. The molecular weight excluding hydrogens is 454 g/mol. The molecule has 0 radical (unpaired) electrons. The third-order valence-electron chi connectivity index (χ3n) is 10.4. The summed E-state index contributed by atoms with van der Waals surface area (Å²) in [4.78, 5) is 39.1. The van der Waals surface area contributed by atoms with Crippen LogP contribution in [0.25, 0.3) is 0 Å². The van der Waals surface area contributed by atoms with E-state index < -0.39 is 6.04 Å². The number of allylic oxidation sites excluding steroid dienone is 2. The van der Waals surface area contributed by atoms with Crippen LogP contribution in [0.4, 0.5) is 5.69 Å². The van der Waals surface area contributed by atoms with Crippen molar-refractivity contribution in [2.75, 3.05) is 18.0 Å². The van der Waals surface area contributed by atoms with E-state index in [1.807, 2.05) is 41.3 Å². The molecule has 2 unspecified atom stereocenters. The van der Waals surface area contributed by atoms with Crippen LogP contribution in [0.3, 0.4) is 0 Å². The van der Waals surface area contributed by atoms with Gasteiger partial charge in [0.25, 0.3) is 0 Å². The van der Waals surface area contributed by atoms with Gasteiger partial charge in [-0.2, -0.15) is 0 Å². The minimum atomic E-state index is -0.690. The summed E-state index contributed by atoms with van der Waals surface area (Å²) in [7, 11) is 0. The highest BCUT2D eigenvalue weighted by molar-refractivity contribution is 5.96. The van der Waals surface area contributed by atoms with E-state index in [-0.39, 0.29) is 33.4 Å². The van der Waals surface area contributed by atoms with Crippen molar-refractivity contribution in [3.05, 3.63) is 52.2 Å². The van der Waals surface area contributed by atoms with Gasteiger partial charge in [-0.25, -0.2) is 0 Å². The number of fused-ring (bicyclic) bond motifs is 5. The van der Waals surface area contributed by atoms with Gasteiger partial charge in [-0.1, -0.05) is 32.0 Å². The van der Waals surface area contributed by atoms with Gasteiger partial charge in [0.2, 0.25) is 11.9 Å². The van der Waals surface area contributed by atoms with Crippen LogP contribution in [0.2, 0.25) is 0 Å². The van der Waals surface area contributed by atoms with Crippen LogP contribution in [0.1, 0.15) is 65.7 Å². The van der Waals surface area contributed by atoms with Crippen molar-refractivity contribution in [2.45, 2.75) is 71.8 Å². The third kappa shape index (κ3) is 4.04. The summed E-state index contributed by atoms with van der Waals surface area (Å²) < 4.78 is 0. The number of carbonyl (C=O) groups is 2. The van der Waals surface area contributed by atoms with Crippen molar-refractivity contribution >= 4 is 17.4 Å². The molecule has 1 saturated heterocycles. The molecule has 0 spiro atoms. The molecule has 3 fully saturated rings. The molecule has 0 bridgehead atoms. The SMILES string of the molecule is CC(CCN(C(=O)C1CC[C@H]2[C@@H]3CNC4=CC(=O)CC[C@]4(C)[C@@H]3CC[C@]12C)c1ccccc1)[N+](=O)[O-]. The van der Waals surface area contributed by atoms with E-state index in [1.165, 1.54) is 0 Å². The van der Waals surface area contributed by atoms with E-state index in [2.05, 4.69) is 19.2 Å². The van der Waals surface area contributed by atoms with Gasteiger partial charge in [0.15, 0.2) is 5.78 Å². The van der Waals surface area contributed by atoms with E-state index >= 15 is 0 Å². The minimum Gasteiger partial charge on any atom is -0.387 e. The van der Waals surface area contributed by atoms with Gasteiger partial charge in [-0.05, 0) is 67.4 Å². The fourth-order valence-corrected chi connectivity index (χ4v) is 8.13. The number of hydrogen-bond acceptors (Lipinski definition) is 5. The number of benzene rings is 1. The maximum absolute atomic E-state index is 14.2. The summed E-state index contributed by atoms with van der Waals surface area (Å²) >= 11 is 0. The molecule has 1 aromatic rings. The van der Waals surface area contributed by atoms with Gasteiger partial charge in [0.05, 0.1) is 0 Å². The quantitative estimate of drug-likeness (QED) is 0.445. The molecule has 0 aromatic heterocycles. The van der Waals surface area contributed by atoms with Crippen LogP contribution in [-0.2, 0) is 9.59 Å². The number of ketones is 1. The van der Waals surface area contributed by atoms with Crippen molar-refractivity contribution < 1.29 is 14.5 Å². The molecule has 7 atom stereocenters. The van der Waals surface area contributed by atoms with Crippen LogP contribution in [0, 0.1) is 44.6 Å². The van der Waals surface area contributed by atoms with Crippen molar-refractivity contribution in [3.8, 4) is 0 Å². The van der Waals surface area contributed by atoms with Crippen LogP contribution < -0.4 is 10.2 Å². The lowest BCUT2D eigenvalue weighted by Gasteiger charge is -2.58. The van der Waals surface area contributed by atoms with Gasteiger partial charge in [-0.15, -0.1) is 0 Å². The lowest BCUT2D eigenvalue weighted by atomic mass is 9.50. The lowest BCUT2D eigenvalue weighted by Crippen LogP contribution is -2.57. The van der Waals surface area contributed by atoms with Crippen LogP contribution in [-0.4, -0.2) is 35.7 Å². The Morgan fingerprint density at radius 1 is 1.17 bits per heavy atom. The standard InChI is InChI=1S/C29H39N3O4/c1-19(32(35)36)13-16-31(20-7-5-4-6-8-20)27(34)25-10-9-23-22-18-30-26-17-21(33)11-14-29(26,3)24(22)12-15-28(23,25)2/h4-8,17,19,22-25,30H,9-16,18H2,1-3H3/t19?,22-,23-,24+,25?,28-,29+/m0/s1. The first-order valence-electron chi connectivity index (χ1n) is 13.6. The molecule has 3 aliphatic carbocycles. The number of nitrogens with zero attached hydrogens (tertiary/aromatic N) is 2. The number of carbonyl (C=O) groups excluding carboxylic acids is 2. The predicted molar refractivity (Wildman–Crippen MR) is 139 cm³/mol. The number of para-hydroxylation sites is 1. The second kappa shape index (κ2) is 9.31. The maximum atomic E-state index is 14.2. The average molecular weight is 494 g/mol. The van der Waals surface area contributed by atoms with Crippen LogP contribution in [0.5, 0.6) is 0 Å². The molecule has 1 N–H and O–H groups in total. The highest BCUT2D eigenvalue weighted by atomic mass is 16.6. The van der Waals surface area contributed by atoms with Gasteiger partial charge < -0.3 is 10.2 Å². The minimum absolute atomic E-state index is 0.0228. The van der Waals surface area contributed by atoms with Gasteiger partial charge in [0, 0.05) is 66.6 Å². The molecule has 1 aromatic carbocycles. The molecule has 1 heterocycles. The number of nitro groups is 1. The van der Waals surface area contributed by atoms with Gasteiger partial charge in [0.1, 0.15) is 0 Å². The Balaban J connectivity index is 1.39. The molecule has 1 aliphatic heterocycles. The summed E-state index contributed by atoms with van der Waals surface area (Å²) in [5.74, 6) is 1.77. The molecule has 194 valence electrons. The molecule has 36 heavy (non-hydrogen) atoms. The highest BCUT2D eigenvalue weighted by Crippen LogP contribution is 2.64. The molecule has 7 heteroatoms. The number of amides is 1. The second-order valence-corrected chi connectivity index (χ2v) is 12.1. The summed E-state index contributed by atoms with van der Waals surface area (Å²) in [6.45, 7) is 7.51. The fraction of sp³-hybridized carbons (Fsp3) is 0.655. The number of hydrogen-bond donors (Lipinski definition) is 1. The van der Waals surface area contributed by atoms with Crippen molar-refractivity contribution in [2.24, 2.45) is 34.5 Å². The largest absolute Gasteiger partial charge is 0.387 e. The number of nitrogens with one attached hydrogen (secondary N) is 1. The first-order chi connectivity index (χ1) is 17.1. The Hall–Kier alpha value is -2.70. The van der Waals surface area contributed by atoms with Crippen molar-refractivity contribution in [1.82, 2.24) is 5.32 Å². The highest BCUT2D eigenvalue weighted by Gasteiger charge is 2.60. The Kier molecular flexibility index (Phi) is 6.46. The number of rotatable bonds is 6. The van der Waals surface area contributed by atoms with Crippen LogP contribution in [0.15, 0.2) is 42.1 Å². The topological polar surface area (TPSA) is 92.6 Å². The van der Waals surface area contributed by atoms with Crippen LogP contribution >= 0.6 is 0 Å². The molecule has 1 amide bonds. The monoisotopic (exact) mass is 493 g/mol. The number of anilines is 1. The van der Waals surface area contributed by atoms with E-state index in [0.29, 0.717) is 37.1 Å². The lowest BCUT2D eigenvalue weighted by molar-refractivity contribution is -0.518. The maximum Gasteiger partial charge on any atom is 0.230 e. The van der Waals surface area contributed by atoms with Crippen molar-refractivity contribution in [1.29, 1.82) is 0 Å². The van der Waals surface area contributed by atoms with Crippen molar-refractivity contribution in [3.63, 3.8) is 0 Å². The Bertz CT molecular complexity index is 1070. The van der Waals surface area contributed by atoms with E-state index in [4.69, 9.17) is 0 Å². The zero-order valence-electron chi connectivity index (χ0n) is 21.7. The fourth-order valence-electron chi connectivity index (χ4n) is 8.13. The second-order valence-electron chi connectivity index (χ2n) is 12.1. The van der Waals surface area contributed by atoms with E-state index in [0.717, 1.165) is 50.0 Å². The first kappa shape index (κ1) is 25.0. The van der Waals surface area contributed by atoms with E-state index in [9.17, 15) is 19.7 Å². The van der Waals surface area contributed by atoms with E-state index in [1.54, 1.807) is 6.92 Å². The summed E-state index contributed by atoms with van der Waals surface area (Å²) in [6, 6.07) is 8.95. The predicted octanol–water partition coefficient (Wildman–Crippen LogP) is 4.99. The Morgan fingerprint density at radius 3 is 2.64 bits per heavy atom. The molecular formula is C29H39N3O4. The molecule has 7 nitrogen and oxygen atoms in total. The number of piperidine rings is 1. The Morgan fingerprint density at radius 2 is 1.92 bits per heavy atom. The smallest absolute Gasteiger partial charge is 0.230 e. The Labute approximate surface area is 213 Å². The summed E-state index contributed by atoms with van der Waals surface area (Å²) in [5.41, 5.74) is 1.90. The normalized spacial score (nSPS) is 36.0. The summed E-state index contributed by atoms with van der Waals surface area (Å²) in [5, 5.41) is 14.9. The molecule has 5 rings (SSSR count).